The topological polar surface area (TPSA) is 87.5 Å². The Hall–Kier alpha value is -2.43. The molecule has 34 heavy (non-hydrogen) atoms. The van der Waals surface area contributed by atoms with Crippen LogP contribution in [0.15, 0.2) is 63.7 Å². The number of thiophene rings is 1. The molecule has 1 fully saturated rings. The second kappa shape index (κ2) is 8.66. The van der Waals surface area contributed by atoms with Crippen LogP contribution in [-0.2, 0) is 19.8 Å². The van der Waals surface area contributed by atoms with E-state index in [0.717, 1.165) is 35.4 Å². The normalized spacial score (nSPS) is 21.8. The van der Waals surface area contributed by atoms with Crippen LogP contribution in [0.2, 0.25) is 0 Å². The van der Waals surface area contributed by atoms with Gasteiger partial charge in [0.2, 0.25) is 0 Å². The first-order valence-electron chi connectivity index (χ1n) is 11.0. The molecule has 3 aromatic rings. The maximum atomic E-state index is 13.3. The van der Waals surface area contributed by atoms with Crippen LogP contribution in [0.3, 0.4) is 0 Å². The number of fused-ring (bicyclic) bond motifs is 1. The minimum absolute atomic E-state index is 0.0221. The van der Waals surface area contributed by atoms with Crippen molar-refractivity contribution in [2.45, 2.75) is 34.8 Å². The average molecular weight is 521 g/mol. The molecule has 10 heteroatoms. The molecule has 180 valence electrons. The highest BCUT2D eigenvalue weighted by Gasteiger charge is 2.37. The number of ether oxygens (including phenoxy) is 1. The second-order valence-corrected chi connectivity index (χ2v) is 14.3. The summed E-state index contributed by atoms with van der Waals surface area (Å²) in [7, 11) is -6.76. The van der Waals surface area contributed by atoms with Gasteiger partial charge in [-0.2, -0.15) is 0 Å². The van der Waals surface area contributed by atoms with Gasteiger partial charge in [0.05, 0.1) is 31.1 Å². The third-order valence-electron chi connectivity index (χ3n) is 6.54. The highest BCUT2D eigenvalue weighted by molar-refractivity contribution is 7.94. The maximum Gasteiger partial charge on any atom is 0.264 e. The monoisotopic (exact) mass is 520 g/mol. The fourth-order valence-corrected chi connectivity index (χ4v) is 9.24. The van der Waals surface area contributed by atoms with Gasteiger partial charge in [-0.15, -0.1) is 11.3 Å². The van der Waals surface area contributed by atoms with Crippen LogP contribution >= 0.6 is 11.3 Å². The first kappa shape index (κ1) is 23.3. The highest BCUT2D eigenvalue weighted by Crippen LogP contribution is 2.47. The van der Waals surface area contributed by atoms with E-state index in [9.17, 15) is 17.0 Å². The van der Waals surface area contributed by atoms with E-state index in [1.54, 1.807) is 12.1 Å². The number of nitrogens with zero attached hydrogens (tertiary/aromatic N) is 1. The van der Waals surface area contributed by atoms with Crippen LogP contribution in [0.25, 0.3) is 0 Å². The van der Waals surface area contributed by atoms with Crippen molar-refractivity contribution in [2.75, 3.05) is 23.2 Å². The zero-order valence-electron chi connectivity index (χ0n) is 18.6. The molecule has 1 aliphatic carbocycles. The van der Waals surface area contributed by atoms with Crippen molar-refractivity contribution in [3.05, 3.63) is 70.9 Å². The van der Waals surface area contributed by atoms with Gasteiger partial charge < -0.3 is 4.74 Å². The molecule has 2 aromatic carbocycles. The Morgan fingerprint density at radius 3 is 2.50 bits per heavy atom. The summed E-state index contributed by atoms with van der Waals surface area (Å²) in [5.41, 5.74) is 1.41. The quantitative estimate of drug-likeness (QED) is 0.473. The molecule has 5 rings (SSSR count). The predicted molar refractivity (Wildman–Crippen MR) is 131 cm³/mol. The molecule has 6 nitrogen and oxygen atoms in total. The molecule has 1 saturated carbocycles. The molecule has 1 aromatic heterocycles. The molecule has 0 bridgehead atoms. The summed E-state index contributed by atoms with van der Waals surface area (Å²) in [5, 5.41) is 0. The molecule has 1 N–H and O–H groups in total. The van der Waals surface area contributed by atoms with E-state index in [2.05, 4.69) is 0 Å². The zero-order valence-corrected chi connectivity index (χ0v) is 21.0. The fourth-order valence-electron chi connectivity index (χ4n) is 4.60. The van der Waals surface area contributed by atoms with E-state index >= 15 is 0 Å². The number of anilines is 1. The van der Waals surface area contributed by atoms with E-state index < -0.39 is 25.6 Å². The molecule has 2 aliphatic rings. The number of aryl methyl sites for hydroxylation is 1. The van der Waals surface area contributed by atoms with Crippen molar-refractivity contribution >= 4 is 36.8 Å². The van der Waals surface area contributed by atoms with Gasteiger partial charge in [-0.25, -0.2) is 21.8 Å². The first-order chi connectivity index (χ1) is 16.1. The summed E-state index contributed by atoms with van der Waals surface area (Å²) in [5.74, 6) is 0.480. The summed E-state index contributed by atoms with van der Waals surface area (Å²) in [6, 6.07) is 14.0. The van der Waals surface area contributed by atoms with Gasteiger partial charge in [0.15, 0.2) is 0 Å². The van der Waals surface area contributed by atoms with E-state index in [-0.39, 0.29) is 29.9 Å². The fraction of sp³-hybridized carbons (Fsp3) is 0.333. The number of rotatable bonds is 6. The van der Waals surface area contributed by atoms with E-state index in [1.165, 1.54) is 27.8 Å². The Kier molecular flexibility index (Phi) is 5.94. The van der Waals surface area contributed by atoms with Gasteiger partial charge in [-0.1, -0.05) is 6.07 Å². The molecule has 0 radical (unpaired) electrons. The van der Waals surface area contributed by atoms with Crippen LogP contribution in [0, 0.1) is 23.4 Å². The molecule has 3 unspecified atom stereocenters. The lowest BCUT2D eigenvalue weighted by Gasteiger charge is -2.38. The van der Waals surface area contributed by atoms with Gasteiger partial charge in [0.25, 0.3) is 10.0 Å². The number of nitrogens with one attached hydrogen (secondary N) is 1. The molecule has 0 spiro atoms. The number of benzene rings is 2. The molecular weight excluding hydrogens is 495 g/mol. The second-order valence-electron chi connectivity index (χ2n) is 8.76. The molecule has 1 aliphatic heterocycles. The maximum absolute atomic E-state index is 13.3. The Morgan fingerprint density at radius 2 is 1.85 bits per heavy atom. The molecule has 0 saturated heterocycles. The molecule has 2 heterocycles. The Balaban J connectivity index is 1.43. The van der Waals surface area contributed by atoms with Crippen molar-refractivity contribution in [1.29, 1.82) is 4.78 Å². The molecular formula is C24H25FN2O4S3. The minimum Gasteiger partial charge on any atom is -0.489 e. The third kappa shape index (κ3) is 4.23. The van der Waals surface area contributed by atoms with Gasteiger partial charge in [0.1, 0.15) is 18.2 Å². The van der Waals surface area contributed by atoms with Crippen molar-refractivity contribution in [3.63, 3.8) is 0 Å². The van der Waals surface area contributed by atoms with Crippen molar-refractivity contribution in [3.8, 4) is 5.75 Å². The highest BCUT2D eigenvalue weighted by atomic mass is 32.2. The summed E-state index contributed by atoms with van der Waals surface area (Å²) in [6.07, 6.45) is 1.78. The number of hydrogen-bond acceptors (Lipinski definition) is 6. The Bertz CT molecular complexity index is 1430. The van der Waals surface area contributed by atoms with E-state index in [0.29, 0.717) is 21.4 Å². The van der Waals surface area contributed by atoms with Crippen LogP contribution in [0.4, 0.5) is 10.1 Å². The van der Waals surface area contributed by atoms with Crippen LogP contribution < -0.4 is 9.04 Å². The number of hydrogen-bond donors (Lipinski definition) is 1. The van der Waals surface area contributed by atoms with E-state index in [1.807, 2.05) is 25.1 Å². The lowest BCUT2D eigenvalue weighted by atomic mass is 9.71. The van der Waals surface area contributed by atoms with Crippen LogP contribution in [-0.4, -0.2) is 31.5 Å². The van der Waals surface area contributed by atoms with Crippen molar-refractivity contribution < 1.29 is 21.8 Å². The summed E-state index contributed by atoms with van der Waals surface area (Å²) >= 11 is 1.41. The van der Waals surface area contributed by atoms with Crippen molar-refractivity contribution in [2.24, 2.45) is 5.92 Å². The largest absolute Gasteiger partial charge is 0.489 e. The van der Waals surface area contributed by atoms with Crippen molar-refractivity contribution in [1.82, 2.24) is 0 Å². The Labute approximate surface area is 203 Å². The predicted octanol–water partition coefficient (Wildman–Crippen LogP) is 5.38. The van der Waals surface area contributed by atoms with Crippen LogP contribution in [0.1, 0.15) is 29.2 Å². The summed E-state index contributed by atoms with van der Waals surface area (Å²) < 4.78 is 69.2. The first-order valence-corrected chi connectivity index (χ1v) is 15.0. The standard InChI is InChI=1S/C24H25FN2O4S3/c1-16-2-11-24(32-16)33(26,28)15-18-3-9-21(18)17-4-10-23-22(14-17)27(12-13-31-23)34(29,30)20-7-5-19(25)6-8-20/h2,4-8,10-11,14,18,21,26H,3,9,12-13,15H2,1H3. The summed E-state index contributed by atoms with van der Waals surface area (Å²) in [4.78, 5) is 1.06. The van der Waals surface area contributed by atoms with E-state index in [4.69, 9.17) is 9.52 Å². The lowest BCUT2D eigenvalue weighted by molar-refractivity contribution is 0.282. The lowest BCUT2D eigenvalue weighted by Crippen LogP contribution is -2.38. The number of sulfonamides is 1. The number of halogens is 1. The van der Waals surface area contributed by atoms with Gasteiger partial charge >= 0.3 is 0 Å². The minimum atomic E-state index is -3.89. The smallest absolute Gasteiger partial charge is 0.264 e. The molecule has 3 atom stereocenters. The summed E-state index contributed by atoms with van der Waals surface area (Å²) in [6.45, 7) is 2.32. The van der Waals surface area contributed by atoms with Gasteiger partial charge in [-0.3, -0.25) is 4.31 Å². The zero-order chi connectivity index (χ0) is 24.1. The average Bonchev–Trinajstić information content (AvgIpc) is 3.24. The Morgan fingerprint density at radius 1 is 1.09 bits per heavy atom. The molecule has 0 amide bonds. The SMILES string of the molecule is Cc1ccc(S(=N)(=O)CC2CCC2c2ccc3c(c2)N(S(=O)(=O)c2ccc(F)cc2)CCO3)s1. The van der Waals surface area contributed by atoms with Gasteiger partial charge in [-0.05, 0) is 85.7 Å². The third-order valence-corrected chi connectivity index (χ3v) is 11.9. The van der Waals surface area contributed by atoms with Gasteiger partial charge in [0, 0.05) is 10.6 Å². The van der Waals surface area contributed by atoms with Crippen LogP contribution in [0.5, 0.6) is 5.75 Å².